The van der Waals surface area contributed by atoms with E-state index in [1.54, 1.807) is 0 Å². The molecule has 0 aromatic heterocycles. The van der Waals surface area contributed by atoms with Crippen LogP contribution in [-0.4, -0.2) is 72.5 Å². The lowest BCUT2D eigenvalue weighted by atomic mass is 9.88. The molecule has 3 rings (SSSR count). The van der Waals surface area contributed by atoms with Gasteiger partial charge in [-0.3, -0.25) is 0 Å². The van der Waals surface area contributed by atoms with Crippen molar-refractivity contribution in [1.82, 2.24) is 14.7 Å². The molecule has 3 heterocycles. The Labute approximate surface area is 118 Å². The van der Waals surface area contributed by atoms with Crippen LogP contribution in [0.25, 0.3) is 0 Å². The minimum atomic E-state index is -2.67. The summed E-state index contributed by atoms with van der Waals surface area (Å²) >= 11 is 0. The summed E-state index contributed by atoms with van der Waals surface area (Å²) in [6.07, 6.45) is 4.26. The highest BCUT2D eigenvalue weighted by molar-refractivity contribution is 5.76. The standard InChI is InChI=1S/C14H23F2N3O/c1-17-7-4-11(5-8-17)12-3-2-6-19(12)13(20)18-9-14(15,16)10-18/h11-12H,2-10H2,1H3/t12-/m0/s1. The van der Waals surface area contributed by atoms with Crippen molar-refractivity contribution in [1.29, 1.82) is 0 Å². The van der Waals surface area contributed by atoms with Crippen LogP contribution in [-0.2, 0) is 0 Å². The molecule has 0 saturated carbocycles. The summed E-state index contributed by atoms with van der Waals surface area (Å²) in [7, 11) is 2.12. The second kappa shape index (κ2) is 5.13. The molecular weight excluding hydrogens is 264 g/mol. The number of carbonyl (C=O) groups is 1. The van der Waals surface area contributed by atoms with E-state index in [4.69, 9.17) is 0 Å². The van der Waals surface area contributed by atoms with E-state index in [2.05, 4.69) is 11.9 Å². The van der Waals surface area contributed by atoms with Gasteiger partial charge in [-0.25, -0.2) is 13.6 Å². The molecule has 0 N–H and O–H groups in total. The van der Waals surface area contributed by atoms with Gasteiger partial charge < -0.3 is 14.7 Å². The summed E-state index contributed by atoms with van der Waals surface area (Å²) in [4.78, 5) is 17.8. The predicted octanol–water partition coefficient (Wildman–Crippen LogP) is 1.86. The molecule has 2 amide bonds. The van der Waals surface area contributed by atoms with Crippen LogP contribution in [0.15, 0.2) is 0 Å². The first-order valence-corrected chi connectivity index (χ1v) is 7.58. The molecule has 1 atom stereocenters. The van der Waals surface area contributed by atoms with Gasteiger partial charge in [0.2, 0.25) is 0 Å². The lowest BCUT2D eigenvalue weighted by Gasteiger charge is -2.43. The first-order valence-electron chi connectivity index (χ1n) is 7.58. The quantitative estimate of drug-likeness (QED) is 0.736. The van der Waals surface area contributed by atoms with E-state index in [0.717, 1.165) is 45.3 Å². The maximum atomic E-state index is 12.9. The Bertz CT molecular complexity index is 375. The van der Waals surface area contributed by atoms with E-state index in [1.165, 1.54) is 4.90 Å². The highest BCUT2D eigenvalue weighted by Gasteiger charge is 2.49. The van der Waals surface area contributed by atoms with Crippen LogP contribution in [0.3, 0.4) is 0 Å². The lowest BCUT2D eigenvalue weighted by Crippen LogP contribution is -2.62. The minimum Gasteiger partial charge on any atom is -0.321 e. The molecule has 3 saturated heterocycles. The van der Waals surface area contributed by atoms with Crippen LogP contribution in [0.4, 0.5) is 13.6 Å². The van der Waals surface area contributed by atoms with Crippen molar-refractivity contribution in [3.63, 3.8) is 0 Å². The zero-order valence-electron chi connectivity index (χ0n) is 12.0. The van der Waals surface area contributed by atoms with Crippen molar-refractivity contribution >= 4 is 6.03 Å². The Morgan fingerprint density at radius 2 is 1.75 bits per heavy atom. The van der Waals surface area contributed by atoms with Gasteiger partial charge in [0.15, 0.2) is 0 Å². The number of hydrogen-bond donors (Lipinski definition) is 0. The molecular formula is C14H23F2N3O. The average Bonchev–Trinajstić information content (AvgIpc) is 2.85. The highest BCUT2D eigenvalue weighted by Crippen LogP contribution is 2.34. The fraction of sp³-hybridized carbons (Fsp3) is 0.929. The maximum Gasteiger partial charge on any atom is 0.320 e. The van der Waals surface area contributed by atoms with E-state index in [0.29, 0.717) is 5.92 Å². The summed E-state index contributed by atoms with van der Waals surface area (Å²) in [6.45, 7) is 2.08. The van der Waals surface area contributed by atoms with E-state index < -0.39 is 19.0 Å². The Morgan fingerprint density at radius 3 is 2.35 bits per heavy atom. The molecule has 0 spiro atoms. The predicted molar refractivity (Wildman–Crippen MR) is 71.9 cm³/mol. The number of likely N-dealkylation sites (tertiary alicyclic amines) is 3. The summed E-state index contributed by atoms with van der Waals surface area (Å²) < 4.78 is 25.8. The molecule has 3 aliphatic rings. The van der Waals surface area contributed by atoms with E-state index >= 15 is 0 Å². The number of halogens is 2. The molecule has 6 heteroatoms. The Morgan fingerprint density at radius 1 is 1.10 bits per heavy atom. The monoisotopic (exact) mass is 287 g/mol. The molecule has 20 heavy (non-hydrogen) atoms. The molecule has 3 fully saturated rings. The molecule has 0 aromatic rings. The van der Waals surface area contributed by atoms with Crippen LogP contribution in [0.1, 0.15) is 25.7 Å². The summed E-state index contributed by atoms with van der Waals surface area (Å²) in [5, 5.41) is 0. The molecule has 4 nitrogen and oxygen atoms in total. The zero-order valence-corrected chi connectivity index (χ0v) is 12.0. The van der Waals surface area contributed by atoms with Crippen LogP contribution in [0.5, 0.6) is 0 Å². The number of alkyl halides is 2. The Kier molecular flexibility index (Phi) is 3.60. The minimum absolute atomic E-state index is 0.169. The van der Waals surface area contributed by atoms with Crippen molar-refractivity contribution in [2.24, 2.45) is 5.92 Å². The van der Waals surface area contributed by atoms with E-state index in [1.807, 2.05) is 4.90 Å². The molecule has 3 aliphatic heterocycles. The average molecular weight is 287 g/mol. The summed E-state index contributed by atoms with van der Waals surface area (Å²) in [6, 6.07) is 0.0998. The number of rotatable bonds is 1. The number of carbonyl (C=O) groups excluding carboxylic acids is 1. The molecule has 0 aromatic carbocycles. The molecule has 0 bridgehead atoms. The van der Waals surface area contributed by atoms with Gasteiger partial charge in [-0.1, -0.05) is 0 Å². The number of amides is 2. The van der Waals surface area contributed by atoms with E-state index in [-0.39, 0.29) is 12.1 Å². The SMILES string of the molecule is CN1CCC([C@@H]2CCCN2C(=O)N2CC(F)(F)C2)CC1. The van der Waals surface area contributed by atoms with Crippen molar-refractivity contribution in [3.8, 4) is 0 Å². The lowest BCUT2D eigenvalue weighted by molar-refractivity contribution is -0.114. The molecule has 114 valence electrons. The second-order valence-electron chi connectivity index (χ2n) is 6.54. The first kappa shape index (κ1) is 14.0. The third-order valence-corrected chi connectivity index (χ3v) is 4.97. The number of piperidine rings is 1. The first-order chi connectivity index (χ1) is 9.46. The summed E-state index contributed by atoms with van der Waals surface area (Å²) in [5.74, 6) is -2.13. The highest BCUT2D eigenvalue weighted by atomic mass is 19.3. The van der Waals surface area contributed by atoms with Crippen LogP contribution in [0, 0.1) is 5.92 Å². The fourth-order valence-electron chi connectivity index (χ4n) is 3.76. The molecule has 0 aliphatic carbocycles. The number of urea groups is 1. The van der Waals surface area contributed by atoms with Crippen molar-refractivity contribution in [2.45, 2.75) is 37.6 Å². The van der Waals surface area contributed by atoms with Gasteiger partial charge in [-0.2, -0.15) is 0 Å². The van der Waals surface area contributed by atoms with Crippen molar-refractivity contribution < 1.29 is 13.6 Å². The van der Waals surface area contributed by atoms with Crippen molar-refractivity contribution in [2.75, 3.05) is 39.8 Å². The van der Waals surface area contributed by atoms with Gasteiger partial charge >= 0.3 is 6.03 Å². The van der Waals surface area contributed by atoms with Crippen LogP contribution < -0.4 is 0 Å². The molecule has 0 unspecified atom stereocenters. The van der Waals surface area contributed by atoms with Gasteiger partial charge in [0.25, 0.3) is 5.92 Å². The summed E-state index contributed by atoms with van der Waals surface area (Å²) in [5.41, 5.74) is 0. The van der Waals surface area contributed by atoms with Gasteiger partial charge in [0, 0.05) is 12.6 Å². The van der Waals surface area contributed by atoms with Gasteiger partial charge in [0.1, 0.15) is 0 Å². The Balaban J connectivity index is 1.59. The fourth-order valence-corrected chi connectivity index (χ4v) is 3.76. The van der Waals surface area contributed by atoms with Gasteiger partial charge in [-0.05, 0) is 51.7 Å². The topological polar surface area (TPSA) is 26.8 Å². The van der Waals surface area contributed by atoms with Crippen LogP contribution in [0.2, 0.25) is 0 Å². The number of nitrogens with zero attached hydrogens (tertiary/aromatic N) is 3. The van der Waals surface area contributed by atoms with Crippen LogP contribution >= 0.6 is 0 Å². The normalized spacial score (nSPS) is 31.4. The van der Waals surface area contributed by atoms with E-state index in [9.17, 15) is 13.6 Å². The maximum absolute atomic E-state index is 12.9. The van der Waals surface area contributed by atoms with Gasteiger partial charge in [-0.15, -0.1) is 0 Å². The zero-order chi connectivity index (χ0) is 14.3. The second-order valence-corrected chi connectivity index (χ2v) is 6.54. The third-order valence-electron chi connectivity index (χ3n) is 4.97. The smallest absolute Gasteiger partial charge is 0.320 e. The largest absolute Gasteiger partial charge is 0.321 e. The third kappa shape index (κ3) is 2.62. The number of hydrogen-bond acceptors (Lipinski definition) is 2. The van der Waals surface area contributed by atoms with Gasteiger partial charge in [0.05, 0.1) is 13.1 Å². The van der Waals surface area contributed by atoms with Crippen molar-refractivity contribution in [3.05, 3.63) is 0 Å². The Hall–Kier alpha value is -0.910. The molecule has 0 radical (unpaired) electrons.